The van der Waals surface area contributed by atoms with E-state index in [0.29, 0.717) is 48.3 Å². The second kappa shape index (κ2) is 8.37. The molecule has 0 heterocycles. The van der Waals surface area contributed by atoms with E-state index < -0.39 is 24.7 Å². The van der Waals surface area contributed by atoms with Gasteiger partial charge in [0.05, 0.1) is 17.8 Å². The lowest BCUT2D eigenvalue weighted by Gasteiger charge is -2.45. The molecule has 0 aromatic carbocycles. The predicted octanol–water partition coefficient (Wildman–Crippen LogP) is 5.68. The Labute approximate surface area is 187 Å². The van der Waals surface area contributed by atoms with E-state index in [1.165, 1.54) is 45.4 Å². The molecule has 0 saturated heterocycles. The van der Waals surface area contributed by atoms with Gasteiger partial charge < -0.3 is 15.3 Å². The lowest BCUT2D eigenvalue weighted by Crippen LogP contribution is -2.37. The lowest BCUT2D eigenvalue weighted by atomic mass is 9.59. The van der Waals surface area contributed by atoms with Crippen LogP contribution in [0, 0.1) is 22.7 Å². The van der Waals surface area contributed by atoms with E-state index >= 15 is 0 Å². The van der Waals surface area contributed by atoms with Gasteiger partial charge in [0.15, 0.2) is 0 Å². The Balaban J connectivity index is 1.43. The number of rotatable bonds is 6. The fourth-order valence-corrected chi connectivity index (χ4v) is 7.49. The van der Waals surface area contributed by atoms with Gasteiger partial charge in [0.1, 0.15) is 0 Å². The molecule has 0 amide bonds. The van der Waals surface area contributed by atoms with E-state index in [1.54, 1.807) is 5.57 Å². The number of aliphatic hydroxyl groups is 3. The van der Waals surface area contributed by atoms with Crippen molar-refractivity contribution in [3.05, 3.63) is 23.3 Å². The van der Waals surface area contributed by atoms with Gasteiger partial charge in [-0.3, -0.25) is 0 Å². The summed E-state index contributed by atoms with van der Waals surface area (Å²) in [6.45, 7) is 1.64. The van der Waals surface area contributed by atoms with Crippen LogP contribution in [0.25, 0.3) is 0 Å². The van der Waals surface area contributed by atoms with Crippen LogP contribution < -0.4 is 0 Å². The molecule has 0 radical (unpaired) electrons. The molecule has 170 valence electrons. The van der Waals surface area contributed by atoms with Crippen molar-refractivity contribution < 1.29 is 19.4 Å². The number of aliphatic hydroxyl groups excluding tert-OH is 2. The first-order chi connectivity index (χ1) is 15.4. The van der Waals surface area contributed by atoms with Crippen molar-refractivity contribution in [1.82, 2.24) is 0 Å². The van der Waals surface area contributed by atoms with E-state index in [1.807, 2.05) is 0 Å². The van der Waals surface area contributed by atoms with Crippen molar-refractivity contribution in [2.75, 3.05) is 0 Å². The molecule has 4 rings (SSSR count). The van der Waals surface area contributed by atoms with E-state index in [4.69, 9.17) is 4.11 Å². The predicted molar refractivity (Wildman–Crippen MR) is 122 cm³/mol. The van der Waals surface area contributed by atoms with Gasteiger partial charge in [-0.25, -0.2) is 0 Å². The smallest absolute Gasteiger partial charge is 0.0602 e. The fraction of sp³-hybridized carbons (Fsp3) is 0.852. The Hall–Kier alpha value is -0.640. The van der Waals surface area contributed by atoms with Crippen LogP contribution in [0.5, 0.6) is 0 Å². The number of fused-ring (bicyclic) bond motifs is 1. The van der Waals surface area contributed by atoms with Gasteiger partial charge in [-0.1, -0.05) is 36.6 Å². The summed E-state index contributed by atoms with van der Waals surface area (Å²) in [5.74, 6) is 1.29. The third-order valence-electron chi connectivity index (χ3n) is 9.01. The second-order valence-electron chi connectivity index (χ2n) is 11.5. The fourth-order valence-electron chi connectivity index (χ4n) is 7.49. The molecule has 0 bridgehead atoms. The summed E-state index contributed by atoms with van der Waals surface area (Å²) >= 11 is 0. The van der Waals surface area contributed by atoms with Gasteiger partial charge >= 0.3 is 0 Å². The first-order valence-electron chi connectivity index (χ1n) is 13.8. The Morgan fingerprint density at radius 3 is 2.53 bits per heavy atom. The zero-order chi connectivity index (χ0) is 24.1. The molecule has 6 atom stereocenters. The number of hydrogen-bond acceptors (Lipinski definition) is 3. The monoisotopic (exact) mass is 419 g/mol. The summed E-state index contributed by atoms with van der Waals surface area (Å²) in [4.78, 5) is 0. The standard InChI is InChI=1S/C27H44O3/c1-25(2,30)11-5-13-27(14-15-27)24-10-9-23-20(6-4-12-26(23,24)3)8-7-19-16-21(28)18-22(29)17-19/h7-8,21-24,28-30H,4-6,9-18H2,1-3H3/b20-8+/t21-,22-,23?,24+,26+/m1/s1/i1D3/t21-,22-,23?,24+,25?,26+. The minimum atomic E-state index is -2.32. The minimum Gasteiger partial charge on any atom is -0.393 e. The average Bonchev–Trinajstić information content (AvgIpc) is 3.37. The first kappa shape index (κ1) is 18.9. The number of allylic oxidation sites excluding steroid dienone is 3. The first-order valence-corrected chi connectivity index (χ1v) is 12.3. The van der Waals surface area contributed by atoms with E-state index in [0.717, 1.165) is 24.8 Å². The van der Waals surface area contributed by atoms with Crippen molar-refractivity contribution in [3.63, 3.8) is 0 Å². The molecule has 0 spiro atoms. The second-order valence-corrected chi connectivity index (χ2v) is 11.5. The maximum absolute atomic E-state index is 10.4. The highest BCUT2D eigenvalue weighted by atomic mass is 16.3. The van der Waals surface area contributed by atoms with Crippen LogP contribution >= 0.6 is 0 Å². The Morgan fingerprint density at radius 1 is 1.13 bits per heavy atom. The van der Waals surface area contributed by atoms with Crippen molar-refractivity contribution in [1.29, 1.82) is 0 Å². The summed E-state index contributed by atoms with van der Waals surface area (Å²) in [5, 5.41) is 30.4. The van der Waals surface area contributed by atoms with E-state index in [2.05, 4.69) is 19.1 Å². The van der Waals surface area contributed by atoms with E-state index in [-0.39, 0.29) is 0 Å². The topological polar surface area (TPSA) is 60.7 Å². The summed E-state index contributed by atoms with van der Waals surface area (Å²) in [7, 11) is 0. The van der Waals surface area contributed by atoms with Gasteiger partial charge in [0, 0.05) is 4.11 Å². The van der Waals surface area contributed by atoms with Gasteiger partial charge in [-0.05, 0) is 113 Å². The third kappa shape index (κ3) is 4.74. The van der Waals surface area contributed by atoms with Crippen molar-refractivity contribution in [3.8, 4) is 0 Å². The van der Waals surface area contributed by atoms with Gasteiger partial charge in [0.2, 0.25) is 0 Å². The molecular formula is C27H44O3. The summed E-state index contributed by atoms with van der Waals surface area (Å²) in [6.07, 6.45) is 16.2. The van der Waals surface area contributed by atoms with Crippen molar-refractivity contribution >= 4 is 0 Å². The minimum absolute atomic E-state index is 0.303. The highest BCUT2D eigenvalue weighted by Crippen LogP contribution is 2.70. The molecule has 3 N–H and O–H groups in total. The van der Waals surface area contributed by atoms with Crippen molar-refractivity contribution in [2.45, 2.75) is 122 Å². The molecule has 3 heteroatoms. The van der Waals surface area contributed by atoms with Crippen LogP contribution in [-0.4, -0.2) is 33.1 Å². The highest BCUT2D eigenvalue weighted by Gasteiger charge is 2.60. The summed E-state index contributed by atoms with van der Waals surface area (Å²) < 4.78 is 22.8. The molecule has 0 aromatic rings. The highest BCUT2D eigenvalue weighted by molar-refractivity contribution is 5.27. The van der Waals surface area contributed by atoms with Crippen LogP contribution in [0.4, 0.5) is 0 Å². The molecular weight excluding hydrogens is 372 g/mol. The molecule has 4 aliphatic carbocycles. The van der Waals surface area contributed by atoms with Gasteiger partial charge in [-0.15, -0.1) is 0 Å². The van der Waals surface area contributed by atoms with Crippen LogP contribution in [0.1, 0.15) is 108 Å². The van der Waals surface area contributed by atoms with Gasteiger partial charge in [-0.2, -0.15) is 0 Å². The largest absolute Gasteiger partial charge is 0.393 e. The molecule has 2 unspecified atom stereocenters. The third-order valence-corrected chi connectivity index (χ3v) is 9.01. The van der Waals surface area contributed by atoms with Crippen LogP contribution in [0.2, 0.25) is 0 Å². The molecule has 4 saturated carbocycles. The maximum atomic E-state index is 10.4. The zero-order valence-corrected chi connectivity index (χ0v) is 19.0. The zero-order valence-electron chi connectivity index (χ0n) is 22.0. The molecule has 3 nitrogen and oxygen atoms in total. The Bertz CT molecular complexity index is 768. The molecule has 0 aromatic heterocycles. The quantitative estimate of drug-likeness (QED) is 0.519. The van der Waals surface area contributed by atoms with Crippen LogP contribution in [0.3, 0.4) is 0 Å². The molecule has 30 heavy (non-hydrogen) atoms. The molecule has 4 fully saturated rings. The molecule has 0 aliphatic heterocycles. The SMILES string of the molecule is [2H]C([2H])([2H])C(C)(O)CCCC1([C@H]2CCC3/C(=C/C=C4C[C@@H](O)C[C@H](O)C4)CCC[C@@]32C)CC1. The Morgan fingerprint density at radius 2 is 1.87 bits per heavy atom. The maximum Gasteiger partial charge on any atom is 0.0602 e. The Kier molecular flexibility index (Phi) is 5.27. The van der Waals surface area contributed by atoms with Crippen LogP contribution in [-0.2, 0) is 0 Å². The van der Waals surface area contributed by atoms with Crippen LogP contribution in [0.15, 0.2) is 23.3 Å². The summed E-state index contributed by atoms with van der Waals surface area (Å²) in [5.41, 5.74) is 1.76. The van der Waals surface area contributed by atoms with Gasteiger partial charge in [0.25, 0.3) is 0 Å². The normalized spacial score (nSPS) is 43.3. The lowest BCUT2D eigenvalue weighted by molar-refractivity contribution is 0.0520. The molecule has 4 aliphatic rings. The summed E-state index contributed by atoms with van der Waals surface area (Å²) in [6, 6.07) is 0. The van der Waals surface area contributed by atoms with Crippen molar-refractivity contribution in [2.24, 2.45) is 22.7 Å². The van der Waals surface area contributed by atoms with E-state index in [9.17, 15) is 15.3 Å². The average molecular weight is 420 g/mol. The number of hydrogen-bond donors (Lipinski definition) is 3.